The fraction of sp³-hybridized carbons (Fsp3) is 0.524. The lowest BCUT2D eigenvalue weighted by atomic mass is 9.78. The van der Waals surface area contributed by atoms with Gasteiger partial charge in [0.25, 0.3) is 5.91 Å². The van der Waals surface area contributed by atoms with Gasteiger partial charge in [0.2, 0.25) is 0 Å². The number of halogens is 2. The molecule has 1 amide bonds. The molecule has 1 aliphatic heterocycles. The molecule has 2 fully saturated rings. The van der Waals surface area contributed by atoms with Crippen LogP contribution in [-0.4, -0.2) is 53.9 Å². The van der Waals surface area contributed by atoms with E-state index >= 15 is 0 Å². The van der Waals surface area contributed by atoms with E-state index in [2.05, 4.69) is 19.5 Å². The zero-order chi connectivity index (χ0) is 20.4. The van der Waals surface area contributed by atoms with Gasteiger partial charge in [0, 0.05) is 38.4 Å². The molecule has 1 saturated carbocycles. The lowest BCUT2D eigenvalue weighted by molar-refractivity contribution is 0.0881. The van der Waals surface area contributed by atoms with Crippen molar-refractivity contribution in [3.63, 3.8) is 0 Å². The zero-order valence-electron chi connectivity index (χ0n) is 16.5. The quantitative estimate of drug-likeness (QED) is 0.701. The lowest BCUT2D eigenvalue weighted by Gasteiger charge is -2.39. The number of nitrogens with zero attached hydrogens (tertiary/aromatic N) is 3. The second-order valence-electron chi connectivity index (χ2n) is 8.04. The standard InChI is InChI=1S/C21H26Cl2N4OS/c1-14-13-24-29-20(14)21(28)25-16-11-15(12-16)5-6-26-7-9-27(10-8-26)18-4-2-3-17(22)19(18)23/h2-4,13,15-16H,5-12H2,1H3,(H,25,28)/t15-,16-. The molecule has 2 aromatic rings. The molecule has 1 aromatic carbocycles. The summed E-state index contributed by atoms with van der Waals surface area (Å²) >= 11 is 13.8. The van der Waals surface area contributed by atoms with Crippen molar-refractivity contribution in [2.75, 3.05) is 37.6 Å². The third-order valence-corrected chi connectivity index (χ3v) is 7.73. The fourth-order valence-electron chi connectivity index (χ4n) is 4.16. The van der Waals surface area contributed by atoms with Crippen molar-refractivity contribution < 1.29 is 4.79 Å². The molecular formula is C21H26Cl2N4OS. The van der Waals surface area contributed by atoms with Crippen LogP contribution >= 0.6 is 34.7 Å². The van der Waals surface area contributed by atoms with Gasteiger partial charge in [-0.2, -0.15) is 0 Å². The predicted octanol–water partition coefficient (Wildman–Crippen LogP) is 4.48. The summed E-state index contributed by atoms with van der Waals surface area (Å²) in [6.07, 6.45) is 5.12. The Morgan fingerprint density at radius 3 is 2.69 bits per heavy atom. The highest BCUT2D eigenvalue weighted by Gasteiger charge is 2.31. The Bertz CT molecular complexity index is 860. The highest BCUT2D eigenvalue weighted by Crippen LogP contribution is 2.34. The molecule has 1 aromatic heterocycles. The van der Waals surface area contributed by atoms with Gasteiger partial charge in [-0.15, -0.1) is 0 Å². The third-order valence-electron chi connectivity index (χ3n) is 6.02. The Morgan fingerprint density at radius 1 is 1.24 bits per heavy atom. The summed E-state index contributed by atoms with van der Waals surface area (Å²) in [5.74, 6) is 0.743. The number of hydrogen-bond acceptors (Lipinski definition) is 5. The minimum atomic E-state index is 0.0317. The number of aromatic nitrogens is 1. The third kappa shape index (κ3) is 4.88. The maximum Gasteiger partial charge on any atom is 0.263 e. The van der Waals surface area contributed by atoms with Gasteiger partial charge in [-0.05, 0) is 67.9 Å². The average Bonchev–Trinajstić information content (AvgIpc) is 3.12. The van der Waals surface area contributed by atoms with Crippen molar-refractivity contribution in [1.29, 1.82) is 0 Å². The average molecular weight is 453 g/mol. The van der Waals surface area contributed by atoms with Gasteiger partial charge in [-0.3, -0.25) is 9.69 Å². The van der Waals surface area contributed by atoms with Crippen LogP contribution in [0.3, 0.4) is 0 Å². The monoisotopic (exact) mass is 452 g/mol. The SMILES string of the molecule is Cc1cnsc1C(=O)N[C@H]1C[C@H](CCN2CCN(c3cccc(Cl)c3Cl)CC2)C1. The number of nitrogens with one attached hydrogen (secondary N) is 1. The number of benzene rings is 1. The zero-order valence-corrected chi connectivity index (χ0v) is 18.9. The van der Waals surface area contributed by atoms with Crippen LogP contribution in [0.4, 0.5) is 5.69 Å². The number of anilines is 1. The molecule has 2 aliphatic rings. The van der Waals surface area contributed by atoms with Crippen LogP contribution in [0.15, 0.2) is 24.4 Å². The first-order valence-corrected chi connectivity index (χ1v) is 11.7. The van der Waals surface area contributed by atoms with Crippen LogP contribution in [-0.2, 0) is 0 Å². The second kappa shape index (κ2) is 9.21. The summed E-state index contributed by atoms with van der Waals surface area (Å²) in [6.45, 7) is 7.08. The lowest BCUT2D eigenvalue weighted by Crippen LogP contribution is -2.48. The van der Waals surface area contributed by atoms with Crippen molar-refractivity contribution in [2.24, 2.45) is 5.92 Å². The number of hydrogen-bond donors (Lipinski definition) is 1. The number of rotatable bonds is 6. The topological polar surface area (TPSA) is 48.5 Å². The first-order chi connectivity index (χ1) is 14.0. The van der Waals surface area contributed by atoms with Crippen molar-refractivity contribution in [2.45, 2.75) is 32.2 Å². The van der Waals surface area contributed by atoms with Gasteiger partial charge >= 0.3 is 0 Å². The number of piperazine rings is 1. The summed E-state index contributed by atoms with van der Waals surface area (Å²) in [5.41, 5.74) is 1.99. The molecule has 4 rings (SSSR count). The minimum Gasteiger partial charge on any atom is -0.368 e. The van der Waals surface area contributed by atoms with E-state index in [0.29, 0.717) is 22.0 Å². The van der Waals surface area contributed by atoms with Gasteiger partial charge in [0.1, 0.15) is 4.88 Å². The molecule has 0 atom stereocenters. The van der Waals surface area contributed by atoms with Crippen LogP contribution in [0.25, 0.3) is 0 Å². The van der Waals surface area contributed by atoms with Gasteiger partial charge in [0.05, 0.1) is 15.7 Å². The predicted molar refractivity (Wildman–Crippen MR) is 121 cm³/mol. The van der Waals surface area contributed by atoms with E-state index in [1.807, 2.05) is 25.1 Å². The molecule has 1 aliphatic carbocycles. The van der Waals surface area contributed by atoms with Gasteiger partial charge < -0.3 is 10.2 Å². The summed E-state index contributed by atoms with van der Waals surface area (Å²) < 4.78 is 4.08. The molecule has 2 heterocycles. The van der Waals surface area contributed by atoms with Crippen molar-refractivity contribution >= 4 is 46.3 Å². The number of carbonyl (C=O) groups is 1. The number of amides is 1. The van der Waals surface area contributed by atoms with E-state index in [4.69, 9.17) is 23.2 Å². The highest BCUT2D eigenvalue weighted by atomic mass is 35.5. The maximum absolute atomic E-state index is 12.3. The van der Waals surface area contributed by atoms with E-state index < -0.39 is 0 Å². The Labute approximate surface area is 186 Å². The van der Waals surface area contributed by atoms with E-state index in [1.54, 1.807) is 6.20 Å². The number of carbonyl (C=O) groups excluding carboxylic acids is 1. The highest BCUT2D eigenvalue weighted by molar-refractivity contribution is 7.08. The maximum atomic E-state index is 12.3. The molecule has 8 heteroatoms. The Balaban J connectivity index is 1.15. The number of aryl methyl sites for hydroxylation is 1. The second-order valence-corrected chi connectivity index (χ2v) is 9.62. The van der Waals surface area contributed by atoms with Crippen LogP contribution < -0.4 is 10.2 Å². The smallest absolute Gasteiger partial charge is 0.263 e. The molecule has 156 valence electrons. The van der Waals surface area contributed by atoms with E-state index in [-0.39, 0.29) is 5.91 Å². The first kappa shape index (κ1) is 20.9. The summed E-state index contributed by atoms with van der Waals surface area (Å²) in [5, 5.41) is 4.42. The summed E-state index contributed by atoms with van der Waals surface area (Å²) in [4.78, 5) is 17.9. The van der Waals surface area contributed by atoms with Gasteiger partial charge in [-0.25, -0.2) is 4.37 Å². The van der Waals surface area contributed by atoms with Gasteiger partial charge in [0.15, 0.2) is 0 Å². The Morgan fingerprint density at radius 2 is 2.00 bits per heavy atom. The Hall–Kier alpha value is -1.34. The van der Waals surface area contributed by atoms with Crippen LogP contribution in [0, 0.1) is 12.8 Å². The van der Waals surface area contributed by atoms with Crippen molar-refractivity contribution in [3.05, 3.63) is 44.9 Å². The van der Waals surface area contributed by atoms with Crippen LogP contribution in [0.5, 0.6) is 0 Å². The molecule has 0 spiro atoms. The Kier molecular flexibility index (Phi) is 6.64. The first-order valence-electron chi connectivity index (χ1n) is 10.1. The molecule has 5 nitrogen and oxygen atoms in total. The van der Waals surface area contributed by atoms with E-state index in [0.717, 1.165) is 61.7 Å². The van der Waals surface area contributed by atoms with E-state index in [9.17, 15) is 4.79 Å². The van der Waals surface area contributed by atoms with Crippen molar-refractivity contribution in [1.82, 2.24) is 14.6 Å². The molecule has 1 saturated heterocycles. The summed E-state index contributed by atoms with van der Waals surface area (Å²) in [7, 11) is 0. The molecule has 0 radical (unpaired) electrons. The van der Waals surface area contributed by atoms with Crippen LogP contribution in [0.1, 0.15) is 34.5 Å². The molecule has 1 N–H and O–H groups in total. The summed E-state index contributed by atoms with van der Waals surface area (Å²) in [6, 6.07) is 6.14. The van der Waals surface area contributed by atoms with Crippen LogP contribution in [0.2, 0.25) is 10.0 Å². The van der Waals surface area contributed by atoms with Crippen molar-refractivity contribution in [3.8, 4) is 0 Å². The molecule has 0 unspecified atom stereocenters. The molecule has 29 heavy (non-hydrogen) atoms. The molecular weight excluding hydrogens is 427 g/mol. The van der Waals surface area contributed by atoms with E-state index in [1.165, 1.54) is 18.0 Å². The fourth-order valence-corrected chi connectivity index (χ4v) is 5.23. The minimum absolute atomic E-state index is 0.0317. The largest absolute Gasteiger partial charge is 0.368 e. The normalized spacial score (nSPS) is 22.4. The van der Waals surface area contributed by atoms with Gasteiger partial charge in [-0.1, -0.05) is 29.3 Å². The molecule has 0 bridgehead atoms.